The minimum atomic E-state index is 0.133. The van der Waals surface area contributed by atoms with Crippen LogP contribution in [0.4, 0.5) is 0 Å². The third-order valence-electron chi connectivity index (χ3n) is 2.46. The smallest absolute Gasteiger partial charge is 0.122 e. The summed E-state index contributed by atoms with van der Waals surface area (Å²) in [5.41, 5.74) is 1.08. The second-order valence-corrected chi connectivity index (χ2v) is 3.44. The van der Waals surface area contributed by atoms with Gasteiger partial charge in [-0.25, -0.2) is 0 Å². The minimum absolute atomic E-state index is 0.133. The van der Waals surface area contributed by atoms with Gasteiger partial charge in [0, 0.05) is 13.2 Å². The summed E-state index contributed by atoms with van der Waals surface area (Å²) in [5, 5.41) is 3.19. The molecule has 0 fully saturated rings. The molecule has 0 saturated heterocycles. The van der Waals surface area contributed by atoms with Crippen molar-refractivity contribution in [2.45, 2.75) is 6.04 Å². The lowest BCUT2D eigenvalue weighted by Crippen LogP contribution is -2.21. The molecule has 0 spiro atoms. The van der Waals surface area contributed by atoms with Gasteiger partial charge in [-0.2, -0.15) is 0 Å². The van der Waals surface area contributed by atoms with E-state index in [4.69, 9.17) is 14.2 Å². The molecule has 0 saturated carbocycles. The van der Waals surface area contributed by atoms with Crippen LogP contribution in [0.25, 0.3) is 0 Å². The zero-order valence-corrected chi connectivity index (χ0v) is 10.2. The van der Waals surface area contributed by atoms with Crippen LogP contribution in [0.2, 0.25) is 0 Å². The van der Waals surface area contributed by atoms with Crippen molar-refractivity contribution in [3.05, 3.63) is 23.8 Å². The molecule has 0 heterocycles. The Hall–Kier alpha value is -1.26. The fourth-order valence-electron chi connectivity index (χ4n) is 1.54. The normalized spacial score (nSPS) is 12.2. The van der Waals surface area contributed by atoms with E-state index in [-0.39, 0.29) is 6.04 Å². The summed E-state index contributed by atoms with van der Waals surface area (Å²) in [5.74, 6) is 1.57. The molecule has 0 aromatic heterocycles. The van der Waals surface area contributed by atoms with Crippen LogP contribution in [-0.4, -0.2) is 35.0 Å². The van der Waals surface area contributed by atoms with Gasteiger partial charge >= 0.3 is 0 Å². The molecule has 1 rings (SSSR count). The molecule has 0 radical (unpaired) electrons. The van der Waals surface area contributed by atoms with E-state index in [9.17, 15) is 0 Å². The van der Waals surface area contributed by atoms with Gasteiger partial charge in [0.15, 0.2) is 0 Å². The number of hydrogen-bond acceptors (Lipinski definition) is 4. The Morgan fingerprint density at radius 2 is 1.62 bits per heavy atom. The van der Waals surface area contributed by atoms with Crippen molar-refractivity contribution in [3.8, 4) is 11.5 Å². The summed E-state index contributed by atoms with van der Waals surface area (Å²) >= 11 is 0. The first kappa shape index (κ1) is 12.8. The highest BCUT2D eigenvalue weighted by Gasteiger charge is 2.11. The molecule has 0 aliphatic rings. The molecule has 1 aromatic carbocycles. The number of ether oxygens (including phenoxy) is 3. The molecule has 0 bridgehead atoms. The Kier molecular flexibility index (Phi) is 5.08. The van der Waals surface area contributed by atoms with Crippen molar-refractivity contribution < 1.29 is 14.2 Å². The van der Waals surface area contributed by atoms with Gasteiger partial charge in [-0.05, 0) is 24.7 Å². The molecule has 16 heavy (non-hydrogen) atoms. The first-order valence-electron chi connectivity index (χ1n) is 5.14. The highest BCUT2D eigenvalue weighted by molar-refractivity contribution is 5.39. The molecule has 1 aromatic rings. The Morgan fingerprint density at radius 3 is 2.00 bits per heavy atom. The van der Waals surface area contributed by atoms with Crippen molar-refractivity contribution in [2.24, 2.45) is 0 Å². The van der Waals surface area contributed by atoms with Crippen molar-refractivity contribution in [3.63, 3.8) is 0 Å². The topological polar surface area (TPSA) is 39.7 Å². The van der Waals surface area contributed by atoms with Crippen LogP contribution in [0.15, 0.2) is 18.2 Å². The molecule has 4 nitrogen and oxygen atoms in total. The molecule has 0 aliphatic heterocycles. The standard InChI is InChI=1S/C12H19NO3/c1-13-12(8-14-2)9-5-10(15-3)7-11(6-9)16-4/h5-7,12-13H,8H2,1-4H3. The summed E-state index contributed by atoms with van der Waals surface area (Å²) < 4.78 is 15.6. The summed E-state index contributed by atoms with van der Waals surface area (Å²) in [6, 6.07) is 5.93. The summed E-state index contributed by atoms with van der Waals surface area (Å²) in [6.45, 7) is 0.604. The molecule has 0 aliphatic carbocycles. The molecule has 1 unspecified atom stereocenters. The lowest BCUT2D eigenvalue weighted by Gasteiger charge is -2.17. The van der Waals surface area contributed by atoms with Crippen molar-refractivity contribution in [1.29, 1.82) is 0 Å². The number of nitrogens with one attached hydrogen (secondary N) is 1. The van der Waals surface area contributed by atoms with E-state index in [2.05, 4.69) is 5.32 Å². The Morgan fingerprint density at radius 1 is 1.06 bits per heavy atom. The van der Waals surface area contributed by atoms with E-state index in [0.717, 1.165) is 17.1 Å². The van der Waals surface area contributed by atoms with Crippen LogP contribution in [0.1, 0.15) is 11.6 Å². The second-order valence-electron chi connectivity index (χ2n) is 3.44. The van der Waals surface area contributed by atoms with Gasteiger partial charge < -0.3 is 19.5 Å². The third kappa shape index (κ3) is 3.12. The predicted molar refractivity (Wildman–Crippen MR) is 63.2 cm³/mol. The number of methoxy groups -OCH3 is 3. The molecular formula is C12H19NO3. The minimum Gasteiger partial charge on any atom is -0.497 e. The average molecular weight is 225 g/mol. The third-order valence-corrected chi connectivity index (χ3v) is 2.46. The molecule has 0 amide bonds. The molecule has 4 heteroatoms. The quantitative estimate of drug-likeness (QED) is 0.798. The van der Waals surface area contributed by atoms with Crippen molar-refractivity contribution in [2.75, 3.05) is 35.0 Å². The van der Waals surface area contributed by atoms with Crippen LogP contribution in [0.5, 0.6) is 11.5 Å². The van der Waals surface area contributed by atoms with Gasteiger partial charge in [0.1, 0.15) is 11.5 Å². The van der Waals surface area contributed by atoms with E-state index in [1.165, 1.54) is 0 Å². The van der Waals surface area contributed by atoms with Gasteiger partial charge in [0.25, 0.3) is 0 Å². The van der Waals surface area contributed by atoms with E-state index >= 15 is 0 Å². The van der Waals surface area contributed by atoms with Gasteiger partial charge in [-0.3, -0.25) is 0 Å². The number of rotatable bonds is 6. The van der Waals surface area contributed by atoms with Gasteiger partial charge in [-0.1, -0.05) is 0 Å². The van der Waals surface area contributed by atoms with Crippen LogP contribution >= 0.6 is 0 Å². The molecular weight excluding hydrogens is 206 g/mol. The lowest BCUT2D eigenvalue weighted by molar-refractivity contribution is 0.170. The zero-order valence-electron chi connectivity index (χ0n) is 10.2. The highest BCUT2D eigenvalue weighted by Crippen LogP contribution is 2.26. The fourth-order valence-corrected chi connectivity index (χ4v) is 1.54. The van der Waals surface area contributed by atoms with Gasteiger partial charge in [0.2, 0.25) is 0 Å². The highest BCUT2D eigenvalue weighted by atomic mass is 16.5. The van der Waals surface area contributed by atoms with Crippen molar-refractivity contribution in [1.82, 2.24) is 5.32 Å². The van der Waals surface area contributed by atoms with Crippen LogP contribution < -0.4 is 14.8 Å². The summed E-state index contributed by atoms with van der Waals surface area (Å²) in [4.78, 5) is 0. The zero-order chi connectivity index (χ0) is 12.0. The average Bonchev–Trinajstić information content (AvgIpc) is 2.35. The van der Waals surface area contributed by atoms with Crippen LogP contribution in [0, 0.1) is 0 Å². The maximum absolute atomic E-state index is 5.22. The Bertz CT molecular complexity index is 306. The first-order valence-corrected chi connectivity index (χ1v) is 5.14. The van der Waals surface area contributed by atoms with Gasteiger partial charge in [0.05, 0.1) is 26.9 Å². The van der Waals surface area contributed by atoms with E-state index in [0.29, 0.717) is 6.61 Å². The fraction of sp³-hybridized carbons (Fsp3) is 0.500. The summed E-state index contributed by atoms with van der Waals surface area (Å²) in [6.07, 6.45) is 0. The largest absolute Gasteiger partial charge is 0.497 e. The molecule has 90 valence electrons. The van der Waals surface area contributed by atoms with E-state index < -0.39 is 0 Å². The number of benzene rings is 1. The SMILES string of the molecule is CNC(COC)c1cc(OC)cc(OC)c1. The van der Waals surface area contributed by atoms with Gasteiger partial charge in [-0.15, -0.1) is 0 Å². The van der Waals surface area contributed by atoms with Crippen molar-refractivity contribution >= 4 is 0 Å². The first-order chi connectivity index (χ1) is 7.74. The predicted octanol–water partition coefficient (Wildman–Crippen LogP) is 1.61. The number of likely N-dealkylation sites (N-methyl/N-ethyl adjacent to an activating group) is 1. The maximum Gasteiger partial charge on any atom is 0.122 e. The molecule has 1 N–H and O–H groups in total. The van der Waals surface area contributed by atoms with E-state index in [1.807, 2.05) is 25.2 Å². The second kappa shape index (κ2) is 6.35. The monoisotopic (exact) mass is 225 g/mol. The number of hydrogen-bond donors (Lipinski definition) is 1. The maximum atomic E-state index is 5.22. The lowest BCUT2D eigenvalue weighted by atomic mass is 10.1. The Labute approximate surface area is 96.5 Å². The van der Waals surface area contributed by atoms with Crippen LogP contribution in [-0.2, 0) is 4.74 Å². The Balaban J connectivity index is 3.00. The molecule has 1 atom stereocenters. The summed E-state index contributed by atoms with van der Waals surface area (Å²) in [7, 11) is 6.86. The van der Waals surface area contributed by atoms with Crippen LogP contribution in [0.3, 0.4) is 0 Å². The van der Waals surface area contributed by atoms with E-state index in [1.54, 1.807) is 21.3 Å².